The Kier molecular flexibility index (Phi) is 6.20. The van der Waals surface area contributed by atoms with Crippen molar-refractivity contribution >= 4 is 11.6 Å². The van der Waals surface area contributed by atoms with Crippen molar-refractivity contribution in [2.24, 2.45) is 0 Å². The van der Waals surface area contributed by atoms with E-state index in [1.807, 2.05) is 24.3 Å². The number of carbonyl (C=O) groups is 1. The first-order chi connectivity index (χ1) is 13.0. The summed E-state index contributed by atoms with van der Waals surface area (Å²) in [4.78, 5) is 13.3. The number of nitrogens with one attached hydrogen (secondary N) is 1. The molecule has 0 aliphatic heterocycles. The molecule has 1 aliphatic carbocycles. The molecule has 144 valence electrons. The van der Waals surface area contributed by atoms with Crippen molar-refractivity contribution in [1.82, 2.24) is 0 Å². The summed E-state index contributed by atoms with van der Waals surface area (Å²) in [5.74, 6) is 0.954. The van der Waals surface area contributed by atoms with E-state index in [1.54, 1.807) is 0 Å². The zero-order valence-electron chi connectivity index (χ0n) is 16.8. The van der Waals surface area contributed by atoms with Gasteiger partial charge in [0.15, 0.2) is 0 Å². The molecule has 1 atom stereocenters. The molecular weight excluding hydrogens is 334 g/mol. The summed E-state index contributed by atoms with van der Waals surface area (Å²) >= 11 is 0. The van der Waals surface area contributed by atoms with Crippen LogP contribution in [0.4, 0.5) is 5.69 Å². The quantitative estimate of drug-likeness (QED) is 0.680. The van der Waals surface area contributed by atoms with Gasteiger partial charge in [-0.05, 0) is 62.9 Å². The molecule has 3 rings (SSSR count). The summed E-state index contributed by atoms with van der Waals surface area (Å²) in [6.45, 7) is 6.25. The minimum atomic E-state index is -0.419. The van der Waals surface area contributed by atoms with E-state index < -0.39 is 5.41 Å². The van der Waals surface area contributed by atoms with Crippen LogP contribution in [-0.2, 0) is 10.2 Å². The normalized spacial score (nSPS) is 17.1. The van der Waals surface area contributed by atoms with Crippen molar-refractivity contribution in [2.45, 2.75) is 70.8 Å². The summed E-state index contributed by atoms with van der Waals surface area (Å²) in [6, 6.07) is 16.2. The highest BCUT2D eigenvalue weighted by molar-refractivity contribution is 5.99. The lowest BCUT2D eigenvalue weighted by molar-refractivity contribution is -0.122. The van der Waals surface area contributed by atoms with E-state index in [0.717, 1.165) is 49.1 Å². The molecule has 0 saturated heterocycles. The van der Waals surface area contributed by atoms with Gasteiger partial charge in [0.2, 0.25) is 5.91 Å². The summed E-state index contributed by atoms with van der Waals surface area (Å²) in [6.07, 6.45) is 6.40. The predicted octanol–water partition coefficient (Wildman–Crippen LogP) is 6.01. The van der Waals surface area contributed by atoms with Gasteiger partial charge >= 0.3 is 0 Å². The highest BCUT2D eigenvalue weighted by Gasteiger charge is 2.41. The number of rotatable bonds is 6. The standard InChI is InChI=1S/C24H31NO2/c1-4-19(3)27-22-14-12-21(13-15-22)25-23(26)24(16-6-5-7-17-24)20-10-8-18(2)9-11-20/h8-15,19H,4-7,16-17H2,1-3H3,(H,25,26)/t19-/m1/s1. The maximum atomic E-state index is 13.3. The first-order valence-corrected chi connectivity index (χ1v) is 10.2. The Morgan fingerprint density at radius 3 is 2.26 bits per heavy atom. The van der Waals surface area contributed by atoms with Crippen LogP contribution in [0, 0.1) is 6.92 Å². The molecule has 1 saturated carbocycles. The second-order valence-corrected chi connectivity index (χ2v) is 7.82. The third kappa shape index (κ3) is 4.52. The van der Waals surface area contributed by atoms with Gasteiger partial charge in [-0.25, -0.2) is 0 Å². The Bertz CT molecular complexity index is 743. The Labute approximate surface area is 163 Å². The predicted molar refractivity (Wildman–Crippen MR) is 111 cm³/mol. The summed E-state index contributed by atoms with van der Waals surface area (Å²) in [7, 11) is 0. The van der Waals surface area contributed by atoms with Gasteiger partial charge in [-0.2, -0.15) is 0 Å². The molecule has 0 aromatic heterocycles. The van der Waals surface area contributed by atoms with Crippen LogP contribution in [0.3, 0.4) is 0 Å². The molecule has 1 aliphatic rings. The van der Waals surface area contributed by atoms with Gasteiger partial charge in [-0.3, -0.25) is 4.79 Å². The molecule has 27 heavy (non-hydrogen) atoms. The Morgan fingerprint density at radius 2 is 1.67 bits per heavy atom. The van der Waals surface area contributed by atoms with Crippen LogP contribution in [0.5, 0.6) is 5.75 Å². The molecule has 0 radical (unpaired) electrons. The number of anilines is 1. The zero-order valence-corrected chi connectivity index (χ0v) is 16.8. The lowest BCUT2D eigenvalue weighted by Gasteiger charge is -2.36. The second-order valence-electron chi connectivity index (χ2n) is 7.82. The molecule has 2 aromatic carbocycles. The molecule has 3 nitrogen and oxygen atoms in total. The summed E-state index contributed by atoms with van der Waals surface area (Å²) < 4.78 is 5.83. The van der Waals surface area contributed by atoms with E-state index in [-0.39, 0.29) is 12.0 Å². The monoisotopic (exact) mass is 365 g/mol. The maximum absolute atomic E-state index is 13.3. The largest absolute Gasteiger partial charge is 0.491 e. The van der Waals surface area contributed by atoms with E-state index in [4.69, 9.17) is 4.74 Å². The molecule has 0 spiro atoms. The smallest absolute Gasteiger partial charge is 0.235 e. The Balaban J connectivity index is 1.78. The fraction of sp³-hybridized carbons (Fsp3) is 0.458. The van der Waals surface area contributed by atoms with Crippen LogP contribution < -0.4 is 10.1 Å². The topological polar surface area (TPSA) is 38.3 Å². The summed E-state index contributed by atoms with van der Waals surface area (Å²) in [5, 5.41) is 3.17. The summed E-state index contributed by atoms with van der Waals surface area (Å²) in [5.41, 5.74) is 2.77. The molecule has 1 amide bonds. The number of amides is 1. The minimum absolute atomic E-state index is 0.113. The fourth-order valence-corrected chi connectivity index (χ4v) is 3.86. The molecule has 0 heterocycles. The van der Waals surface area contributed by atoms with Crippen molar-refractivity contribution in [3.05, 3.63) is 59.7 Å². The van der Waals surface area contributed by atoms with Crippen molar-refractivity contribution in [1.29, 1.82) is 0 Å². The lowest BCUT2D eigenvalue weighted by Crippen LogP contribution is -2.42. The van der Waals surface area contributed by atoms with E-state index in [9.17, 15) is 4.79 Å². The number of benzene rings is 2. The van der Waals surface area contributed by atoms with Gasteiger partial charge in [-0.15, -0.1) is 0 Å². The van der Waals surface area contributed by atoms with Gasteiger partial charge in [0.1, 0.15) is 5.75 Å². The third-order valence-corrected chi connectivity index (χ3v) is 5.77. The first-order valence-electron chi connectivity index (χ1n) is 10.2. The molecule has 2 aromatic rings. The van der Waals surface area contributed by atoms with Gasteiger partial charge in [0, 0.05) is 5.69 Å². The molecule has 0 bridgehead atoms. The average Bonchev–Trinajstić information content (AvgIpc) is 2.70. The van der Waals surface area contributed by atoms with Crippen LogP contribution in [0.2, 0.25) is 0 Å². The minimum Gasteiger partial charge on any atom is -0.491 e. The van der Waals surface area contributed by atoms with E-state index in [2.05, 4.69) is 50.4 Å². The third-order valence-electron chi connectivity index (χ3n) is 5.77. The molecule has 1 N–H and O–H groups in total. The van der Waals surface area contributed by atoms with Crippen LogP contribution in [-0.4, -0.2) is 12.0 Å². The highest BCUT2D eigenvalue weighted by atomic mass is 16.5. The SMILES string of the molecule is CC[C@@H](C)Oc1ccc(NC(=O)C2(c3ccc(C)cc3)CCCCC2)cc1. The van der Waals surface area contributed by atoms with Crippen molar-refractivity contribution in [2.75, 3.05) is 5.32 Å². The van der Waals surface area contributed by atoms with Crippen molar-refractivity contribution in [3.8, 4) is 5.75 Å². The van der Waals surface area contributed by atoms with E-state index in [0.29, 0.717) is 0 Å². The van der Waals surface area contributed by atoms with Crippen LogP contribution >= 0.6 is 0 Å². The highest BCUT2D eigenvalue weighted by Crippen LogP contribution is 2.40. The van der Waals surface area contributed by atoms with Crippen molar-refractivity contribution in [3.63, 3.8) is 0 Å². The van der Waals surface area contributed by atoms with Crippen LogP contribution in [0.1, 0.15) is 63.5 Å². The van der Waals surface area contributed by atoms with Gasteiger partial charge in [0.25, 0.3) is 0 Å². The fourth-order valence-electron chi connectivity index (χ4n) is 3.86. The number of carbonyl (C=O) groups excluding carboxylic acids is 1. The molecule has 1 fully saturated rings. The molecule has 3 heteroatoms. The number of hydrogen-bond donors (Lipinski definition) is 1. The first kappa shape index (κ1) is 19.5. The number of hydrogen-bond acceptors (Lipinski definition) is 2. The van der Waals surface area contributed by atoms with Gasteiger partial charge in [0.05, 0.1) is 11.5 Å². The Hall–Kier alpha value is -2.29. The van der Waals surface area contributed by atoms with E-state index >= 15 is 0 Å². The van der Waals surface area contributed by atoms with E-state index in [1.165, 1.54) is 12.0 Å². The van der Waals surface area contributed by atoms with Gasteiger partial charge in [-0.1, -0.05) is 56.0 Å². The molecular formula is C24H31NO2. The average molecular weight is 366 g/mol. The maximum Gasteiger partial charge on any atom is 0.235 e. The number of aryl methyl sites for hydroxylation is 1. The zero-order chi connectivity index (χ0) is 19.3. The molecule has 0 unspecified atom stereocenters. The lowest BCUT2D eigenvalue weighted by atomic mass is 9.68. The van der Waals surface area contributed by atoms with Gasteiger partial charge < -0.3 is 10.1 Å². The number of ether oxygens (including phenoxy) is 1. The second kappa shape index (κ2) is 8.60. The van der Waals surface area contributed by atoms with Crippen LogP contribution in [0.15, 0.2) is 48.5 Å². The van der Waals surface area contributed by atoms with Crippen LogP contribution in [0.25, 0.3) is 0 Å². The Morgan fingerprint density at radius 1 is 1.04 bits per heavy atom. The van der Waals surface area contributed by atoms with Crippen molar-refractivity contribution < 1.29 is 9.53 Å².